The fourth-order valence-corrected chi connectivity index (χ4v) is 1.58. The maximum absolute atomic E-state index is 2.28. The third kappa shape index (κ3) is 0.988. The van der Waals surface area contributed by atoms with E-state index in [0.717, 1.165) is 6.42 Å². The minimum Gasteiger partial charge on any atom is -0.0760 e. The van der Waals surface area contributed by atoms with Crippen LogP contribution in [0, 0.1) is 6.42 Å². The van der Waals surface area contributed by atoms with Crippen molar-refractivity contribution in [3.63, 3.8) is 0 Å². The van der Waals surface area contributed by atoms with Crippen molar-refractivity contribution in [3.05, 3.63) is 47.9 Å². The lowest BCUT2D eigenvalue weighted by molar-refractivity contribution is 1.31. The molecule has 0 heteroatoms. The average Bonchev–Trinajstić information content (AvgIpc) is 2.47. The van der Waals surface area contributed by atoms with E-state index in [1.807, 2.05) is 0 Å². The molecule has 0 aromatic heterocycles. The van der Waals surface area contributed by atoms with Crippen LogP contribution in [-0.4, -0.2) is 0 Å². The Kier molecular flexibility index (Phi) is 1.54. The number of allylic oxidation sites excluding steroid dienone is 2. The first-order valence-electron chi connectivity index (χ1n) is 3.99. The van der Waals surface area contributed by atoms with Crippen molar-refractivity contribution in [2.24, 2.45) is 0 Å². The minimum absolute atomic E-state index is 1.11. The van der Waals surface area contributed by atoms with Crippen LogP contribution in [0.25, 0.3) is 5.57 Å². The SMILES string of the molecule is C[CH]C1=CCc2ccccc21. The Morgan fingerprint density at radius 3 is 2.91 bits per heavy atom. The summed E-state index contributed by atoms with van der Waals surface area (Å²) in [6, 6.07) is 8.59. The van der Waals surface area contributed by atoms with E-state index in [0.29, 0.717) is 0 Å². The summed E-state index contributed by atoms with van der Waals surface area (Å²) in [6.45, 7) is 2.09. The Bertz CT molecular complexity index is 295. The molecule has 0 fully saturated rings. The van der Waals surface area contributed by atoms with E-state index in [9.17, 15) is 0 Å². The maximum Gasteiger partial charge on any atom is -0.00853 e. The largest absolute Gasteiger partial charge is 0.0760 e. The molecule has 0 spiro atoms. The fourth-order valence-electron chi connectivity index (χ4n) is 1.58. The van der Waals surface area contributed by atoms with Crippen LogP contribution in [-0.2, 0) is 6.42 Å². The predicted molar refractivity (Wildman–Crippen MR) is 48.1 cm³/mol. The van der Waals surface area contributed by atoms with Gasteiger partial charge >= 0.3 is 0 Å². The predicted octanol–water partition coefficient (Wildman–Crippen LogP) is 2.85. The first-order valence-corrected chi connectivity index (χ1v) is 3.99. The molecule has 1 aromatic rings. The van der Waals surface area contributed by atoms with Gasteiger partial charge in [0.25, 0.3) is 0 Å². The van der Waals surface area contributed by atoms with Gasteiger partial charge in [-0.2, -0.15) is 0 Å². The summed E-state index contributed by atoms with van der Waals surface area (Å²) >= 11 is 0. The molecule has 11 heavy (non-hydrogen) atoms. The molecule has 1 radical (unpaired) electrons. The smallest absolute Gasteiger partial charge is 0.00853 e. The molecule has 0 bridgehead atoms. The minimum atomic E-state index is 1.11. The number of fused-ring (bicyclic) bond motifs is 1. The molecular weight excluding hydrogens is 132 g/mol. The standard InChI is InChI=1S/C11H11/c1-2-9-7-8-10-5-3-4-6-11(9)10/h2-7H,8H2,1H3. The van der Waals surface area contributed by atoms with Crippen molar-refractivity contribution in [1.82, 2.24) is 0 Å². The second kappa shape index (κ2) is 2.54. The molecule has 1 aliphatic carbocycles. The number of hydrogen-bond donors (Lipinski definition) is 0. The highest BCUT2D eigenvalue weighted by atomic mass is 14.1. The van der Waals surface area contributed by atoms with Crippen LogP contribution in [0.1, 0.15) is 18.1 Å². The molecular formula is C11H11. The summed E-state index contributed by atoms with van der Waals surface area (Å²) in [5.74, 6) is 0. The van der Waals surface area contributed by atoms with Gasteiger partial charge in [-0.25, -0.2) is 0 Å². The van der Waals surface area contributed by atoms with Crippen LogP contribution < -0.4 is 0 Å². The van der Waals surface area contributed by atoms with Crippen LogP contribution in [0.4, 0.5) is 0 Å². The van der Waals surface area contributed by atoms with Crippen LogP contribution >= 0.6 is 0 Å². The van der Waals surface area contributed by atoms with Crippen molar-refractivity contribution < 1.29 is 0 Å². The van der Waals surface area contributed by atoms with Gasteiger partial charge in [0, 0.05) is 0 Å². The Morgan fingerprint density at radius 1 is 1.27 bits per heavy atom. The van der Waals surface area contributed by atoms with Gasteiger partial charge in [-0.05, 0) is 29.5 Å². The molecule has 0 amide bonds. The molecule has 2 rings (SSSR count). The van der Waals surface area contributed by atoms with Crippen LogP contribution in [0.15, 0.2) is 30.3 Å². The van der Waals surface area contributed by atoms with E-state index >= 15 is 0 Å². The first kappa shape index (κ1) is 6.66. The van der Waals surface area contributed by atoms with Gasteiger partial charge in [0.1, 0.15) is 0 Å². The Morgan fingerprint density at radius 2 is 2.09 bits per heavy atom. The molecule has 0 saturated carbocycles. The Balaban J connectivity index is 2.48. The normalized spacial score (nSPS) is 14.5. The van der Waals surface area contributed by atoms with Crippen molar-refractivity contribution in [2.75, 3.05) is 0 Å². The van der Waals surface area contributed by atoms with E-state index in [-0.39, 0.29) is 0 Å². The molecule has 0 N–H and O–H groups in total. The molecule has 0 heterocycles. The molecule has 0 atom stereocenters. The van der Waals surface area contributed by atoms with Gasteiger partial charge in [-0.15, -0.1) is 0 Å². The van der Waals surface area contributed by atoms with Crippen LogP contribution in [0.2, 0.25) is 0 Å². The van der Waals surface area contributed by atoms with E-state index in [4.69, 9.17) is 0 Å². The summed E-state index contributed by atoms with van der Waals surface area (Å²) in [5, 5.41) is 0. The highest BCUT2D eigenvalue weighted by Crippen LogP contribution is 2.28. The Hall–Kier alpha value is -1.04. The van der Waals surface area contributed by atoms with Crippen LogP contribution in [0.5, 0.6) is 0 Å². The molecule has 55 valence electrons. The summed E-state index contributed by atoms with van der Waals surface area (Å²) in [7, 11) is 0. The topological polar surface area (TPSA) is 0 Å². The second-order valence-corrected chi connectivity index (χ2v) is 2.81. The number of hydrogen-bond acceptors (Lipinski definition) is 0. The Labute approximate surface area is 67.6 Å². The zero-order valence-electron chi connectivity index (χ0n) is 6.67. The fraction of sp³-hybridized carbons (Fsp3) is 0.182. The second-order valence-electron chi connectivity index (χ2n) is 2.81. The average molecular weight is 143 g/mol. The highest BCUT2D eigenvalue weighted by molar-refractivity contribution is 5.77. The van der Waals surface area contributed by atoms with E-state index < -0.39 is 0 Å². The van der Waals surface area contributed by atoms with Crippen molar-refractivity contribution in [2.45, 2.75) is 13.3 Å². The summed E-state index contributed by atoms with van der Waals surface area (Å²) < 4.78 is 0. The lowest BCUT2D eigenvalue weighted by Crippen LogP contribution is -1.81. The van der Waals surface area contributed by atoms with Crippen molar-refractivity contribution in [1.29, 1.82) is 0 Å². The van der Waals surface area contributed by atoms with Gasteiger partial charge in [-0.1, -0.05) is 37.3 Å². The van der Waals surface area contributed by atoms with Gasteiger partial charge in [0.2, 0.25) is 0 Å². The summed E-state index contributed by atoms with van der Waals surface area (Å²) in [5.41, 5.74) is 4.26. The molecule has 0 nitrogen and oxygen atoms in total. The number of rotatable bonds is 1. The number of benzene rings is 1. The molecule has 0 aliphatic heterocycles. The third-order valence-electron chi connectivity index (χ3n) is 2.18. The molecule has 1 aliphatic rings. The molecule has 1 aromatic carbocycles. The highest BCUT2D eigenvalue weighted by Gasteiger charge is 2.10. The van der Waals surface area contributed by atoms with Crippen LogP contribution in [0.3, 0.4) is 0 Å². The zero-order valence-corrected chi connectivity index (χ0v) is 6.67. The van der Waals surface area contributed by atoms with Gasteiger partial charge in [-0.3, -0.25) is 0 Å². The quantitative estimate of drug-likeness (QED) is 0.567. The third-order valence-corrected chi connectivity index (χ3v) is 2.18. The molecule has 0 saturated heterocycles. The lowest BCUT2D eigenvalue weighted by atomic mass is 10.0. The lowest BCUT2D eigenvalue weighted by Gasteiger charge is -2.00. The van der Waals surface area contributed by atoms with Gasteiger partial charge < -0.3 is 0 Å². The van der Waals surface area contributed by atoms with E-state index in [1.165, 1.54) is 16.7 Å². The maximum atomic E-state index is 2.28. The zero-order chi connectivity index (χ0) is 7.68. The molecule has 0 unspecified atom stereocenters. The summed E-state index contributed by atoms with van der Waals surface area (Å²) in [4.78, 5) is 0. The van der Waals surface area contributed by atoms with Gasteiger partial charge in [0.15, 0.2) is 0 Å². The van der Waals surface area contributed by atoms with Gasteiger partial charge in [0.05, 0.1) is 0 Å². The monoisotopic (exact) mass is 143 g/mol. The van der Waals surface area contributed by atoms with E-state index in [2.05, 4.69) is 43.7 Å². The van der Waals surface area contributed by atoms with Crippen molar-refractivity contribution >= 4 is 5.57 Å². The van der Waals surface area contributed by atoms with E-state index in [1.54, 1.807) is 0 Å². The first-order chi connectivity index (χ1) is 5.42. The summed E-state index contributed by atoms with van der Waals surface area (Å²) in [6.07, 6.45) is 5.56. The van der Waals surface area contributed by atoms with Crippen molar-refractivity contribution in [3.8, 4) is 0 Å².